The fourth-order valence-electron chi connectivity index (χ4n) is 3.65. The highest BCUT2D eigenvalue weighted by molar-refractivity contribution is 14.1. The van der Waals surface area contributed by atoms with Crippen molar-refractivity contribution < 1.29 is 19.1 Å². The largest absolute Gasteiger partial charge is 0.493 e. The smallest absolute Gasteiger partial charge is 0.293 e. The van der Waals surface area contributed by atoms with Crippen LogP contribution < -0.4 is 9.47 Å². The second kappa shape index (κ2) is 11.0. The zero-order valence-electron chi connectivity index (χ0n) is 19.1. The molecule has 35 heavy (non-hydrogen) atoms. The molecular weight excluding hydrogens is 575 g/mol. The van der Waals surface area contributed by atoms with Crippen LogP contribution >= 0.6 is 34.4 Å². The van der Waals surface area contributed by atoms with Gasteiger partial charge in [0.15, 0.2) is 11.5 Å². The number of thioether (sulfide) groups is 1. The first-order valence-electron chi connectivity index (χ1n) is 10.7. The summed E-state index contributed by atoms with van der Waals surface area (Å²) in [5.41, 5.74) is 4.03. The van der Waals surface area contributed by atoms with Crippen molar-refractivity contribution in [3.63, 3.8) is 0 Å². The second-order valence-electron chi connectivity index (χ2n) is 7.85. The van der Waals surface area contributed by atoms with Gasteiger partial charge in [-0.1, -0.05) is 48.0 Å². The second-order valence-corrected chi connectivity index (χ2v) is 10.0. The Morgan fingerprint density at radius 3 is 2.66 bits per heavy atom. The van der Waals surface area contributed by atoms with Crippen molar-refractivity contribution >= 4 is 51.6 Å². The number of ether oxygens (including phenoxy) is 2. The molecule has 0 unspecified atom stereocenters. The molecule has 1 saturated heterocycles. The molecule has 0 saturated carbocycles. The van der Waals surface area contributed by atoms with Crippen molar-refractivity contribution in [1.82, 2.24) is 4.90 Å². The van der Waals surface area contributed by atoms with Crippen molar-refractivity contribution in [2.45, 2.75) is 20.1 Å². The van der Waals surface area contributed by atoms with Crippen molar-refractivity contribution in [2.24, 2.45) is 0 Å². The summed E-state index contributed by atoms with van der Waals surface area (Å²) in [4.78, 5) is 27.1. The average molecular weight is 596 g/mol. The van der Waals surface area contributed by atoms with E-state index in [9.17, 15) is 14.9 Å². The van der Waals surface area contributed by atoms with Crippen LogP contribution in [0.4, 0.5) is 4.79 Å². The van der Waals surface area contributed by atoms with Crippen molar-refractivity contribution in [2.75, 3.05) is 7.11 Å². The Kier molecular flexibility index (Phi) is 7.78. The highest BCUT2D eigenvalue weighted by Crippen LogP contribution is 2.38. The fraction of sp³-hybridized carbons (Fsp3) is 0.148. The van der Waals surface area contributed by atoms with E-state index in [1.807, 2.05) is 55.5 Å². The molecule has 0 aromatic heterocycles. The SMILES string of the molecule is COc1cc(/C=C2/SC(=O)N(Cc3cccc(C)c3)C2=O)cc(I)c1OCc1ccccc1C#N. The number of benzene rings is 3. The first kappa shape index (κ1) is 24.8. The van der Waals surface area contributed by atoms with E-state index in [4.69, 9.17) is 9.47 Å². The van der Waals surface area contributed by atoms with Gasteiger partial charge in [-0.05, 0) is 76.7 Å². The van der Waals surface area contributed by atoms with Crippen LogP contribution in [0.5, 0.6) is 11.5 Å². The predicted molar refractivity (Wildman–Crippen MR) is 144 cm³/mol. The highest BCUT2D eigenvalue weighted by Gasteiger charge is 2.35. The zero-order chi connectivity index (χ0) is 24.9. The Balaban J connectivity index is 1.55. The van der Waals surface area contributed by atoms with E-state index in [2.05, 4.69) is 28.7 Å². The number of halogens is 1. The van der Waals surface area contributed by atoms with Gasteiger partial charge in [-0.2, -0.15) is 5.26 Å². The third-order valence-electron chi connectivity index (χ3n) is 5.36. The Hall–Kier alpha value is -3.29. The summed E-state index contributed by atoms with van der Waals surface area (Å²) in [7, 11) is 1.54. The van der Waals surface area contributed by atoms with Crippen molar-refractivity contribution in [3.05, 3.63) is 97.0 Å². The maximum Gasteiger partial charge on any atom is 0.293 e. The van der Waals surface area contributed by atoms with Crippen molar-refractivity contribution in [1.29, 1.82) is 5.26 Å². The molecule has 0 spiro atoms. The Labute approximate surface area is 221 Å². The molecule has 1 aliphatic heterocycles. The summed E-state index contributed by atoms with van der Waals surface area (Å²) >= 11 is 3.07. The Morgan fingerprint density at radius 1 is 1.11 bits per heavy atom. The maximum atomic E-state index is 13.0. The molecule has 0 aliphatic carbocycles. The summed E-state index contributed by atoms with van der Waals surface area (Å²) in [6.07, 6.45) is 1.70. The Bertz CT molecular complexity index is 1380. The minimum Gasteiger partial charge on any atom is -0.493 e. The van der Waals surface area contributed by atoms with Crippen molar-refractivity contribution in [3.8, 4) is 17.6 Å². The molecule has 0 atom stereocenters. The van der Waals surface area contributed by atoms with E-state index in [0.717, 1.165) is 37.6 Å². The third kappa shape index (κ3) is 5.69. The lowest BCUT2D eigenvalue weighted by atomic mass is 10.1. The number of methoxy groups -OCH3 is 1. The number of nitrogens with zero attached hydrogens (tertiary/aromatic N) is 2. The summed E-state index contributed by atoms with van der Waals surface area (Å²) in [6, 6.07) is 20.8. The van der Waals surface area contributed by atoms with Gasteiger partial charge >= 0.3 is 0 Å². The van der Waals surface area contributed by atoms with Crippen LogP contribution in [0.1, 0.15) is 27.8 Å². The topological polar surface area (TPSA) is 79.6 Å². The standard InChI is InChI=1S/C27H21IN2O4S/c1-17-6-5-7-18(10-17)15-30-26(31)24(35-27(30)32)13-19-11-22(28)25(23(12-19)33-2)34-16-21-9-4-3-8-20(21)14-29/h3-13H,15-16H2,1-2H3/b24-13+. The molecule has 1 aliphatic rings. The number of carbonyl (C=O) groups is 2. The molecule has 1 heterocycles. The van der Waals surface area contributed by atoms with Gasteiger partial charge in [0.1, 0.15) is 6.61 Å². The minimum atomic E-state index is -0.316. The molecule has 1 fully saturated rings. The molecule has 0 bridgehead atoms. The van der Waals surface area contributed by atoms with E-state index < -0.39 is 0 Å². The van der Waals surface area contributed by atoms with E-state index in [1.54, 1.807) is 25.3 Å². The number of nitriles is 1. The minimum absolute atomic E-state index is 0.216. The van der Waals surface area contributed by atoms with Gasteiger partial charge in [0.25, 0.3) is 11.1 Å². The molecule has 8 heteroatoms. The summed E-state index contributed by atoms with van der Waals surface area (Å²) in [6.45, 7) is 2.43. The van der Waals surface area contributed by atoms with Crippen LogP contribution in [0.25, 0.3) is 6.08 Å². The number of amides is 2. The maximum absolute atomic E-state index is 13.0. The molecule has 3 aromatic rings. The van der Waals surface area contributed by atoms with Crippen LogP contribution in [-0.2, 0) is 17.9 Å². The van der Waals surface area contributed by atoms with Gasteiger partial charge in [-0.3, -0.25) is 14.5 Å². The molecule has 0 radical (unpaired) electrons. The first-order valence-corrected chi connectivity index (χ1v) is 12.6. The lowest BCUT2D eigenvalue weighted by Gasteiger charge is -2.14. The monoisotopic (exact) mass is 596 g/mol. The normalized spacial score (nSPS) is 14.3. The average Bonchev–Trinajstić information content (AvgIpc) is 3.10. The first-order chi connectivity index (χ1) is 16.9. The molecule has 4 rings (SSSR count). The van der Waals surface area contributed by atoms with E-state index in [1.165, 1.54) is 4.90 Å². The number of hydrogen-bond donors (Lipinski definition) is 0. The number of imide groups is 1. The lowest BCUT2D eigenvalue weighted by Crippen LogP contribution is -2.27. The molecule has 2 amide bonds. The molecule has 0 N–H and O–H groups in total. The molecule has 176 valence electrons. The van der Waals surface area contributed by atoms with Crippen LogP contribution in [0.3, 0.4) is 0 Å². The van der Waals surface area contributed by atoms with E-state index >= 15 is 0 Å². The van der Waals surface area contributed by atoms with Crippen LogP contribution in [0.15, 0.2) is 65.6 Å². The van der Waals surface area contributed by atoms with Gasteiger partial charge in [0.05, 0.1) is 33.8 Å². The van der Waals surface area contributed by atoms with Crippen LogP contribution in [0, 0.1) is 21.8 Å². The quantitative estimate of drug-likeness (QED) is 0.236. The van der Waals surface area contributed by atoms with Gasteiger partial charge in [-0.25, -0.2) is 0 Å². The number of aryl methyl sites for hydroxylation is 1. The molecule has 3 aromatic carbocycles. The number of carbonyl (C=O) groups excluding carboxylic acids is 2. The highest BCUT2D eigenvalue weighted by atomic mass is 127. The zero-order valence-corrected chi connectivity index (χ0v) is 22.1. The summed E-state index contributed by atoms with van der Waals surface area (Å²) in [5.74, 6) is 0.728. The molecular formula is C27H21IN2O4S. The van der Waals surface area contributed by atoms with E-state index in [0.29, 0.717) is 22.0 Å². The molecule has 6 nitrogen and oxygen atoms in total. The van der Waals surface area contributed by atoms with E-state index in [-0.39, 0.29) is 24.3 Å². The predicted octanol–water partition coefficient (Wildman–Crippen LogP) is 6.30. The van der Waals surface area contributed by atoms with Crippen LogP contribution in [-0.4, -0.2) is 23.2 Å². The Morgan fingerprint density at radius 2 is 1.91 bits per heavy atom. The van der Waals surface area contributed by atoms with Gasteiger partial charge in [0.2, 0.25) is 0 Å². The van der Waals surface area contributed by atoms with Gasteiger partial charge in [-0.15, -0.1) is 0 Å². The lowest BCUT2D eigenvalue weighted by molar-refractivity contribution is -0.123. The fourth-order valence-corrected chi connectivity index (χ4v) is 5.27. The van der Waals surface area contributed by atoms with Gasteiger partial charge in [0, 0.05) is 5.56 Å². The third-order valence-corrected chi connectivity index (χ3v) is 7.06. The number of rotatable bonds is 7. The number of hydrogen-bond acceptors (Lipinski definition) is 6. The van der Waals surface area contributed by atoms with Gasteiger partial charge < -0.3 is 9.47 Å². The summed E-state index contributed by atoms with van der Waals surface area (Å²) in [5, 5.41) is 9.01. The van der Waals surface area contributed by atoms with Crippen LogP contribution in [0.2, 0.25) is 0 Å². The summed E-state index contributed by atoms with van der Waals surface area (Å²) < 4.78 is 12.3.